The summed E-state index contributed by atoms with van der Waals surface area (Å²) in [6.45, 7) is 0. The molecule has 3 rings (SSSR count). The Kier molecular flexibility index (Phi) is 3.17. The average molecular weight is 310 g/mol. The van der Waals surface area contributed by atoms with Crippen molar-refractivity contribution < 1.29 is 13.5 Å². The molecule has 4 nitrogen and oxygen atoms in total. The lowest BCUT2D eigenvalue weighted by molar-refractivity contribution is 0.415. The van der Waals surface area contributed by atoms with Crippen LogP contribution in [0, 0.1) is 11.6 Å². The summed E-state index contributed by atoms with van der Waals surface area (Å²) in [6.07, 6.45) is 0. The first-order valence-corrected chi connectivity index (χ1v) is 6.36. The molecule has 3 aromatic rings. The predicted octanol–water partition coefficient (Wildman–Crippen LogP) is 3.55. The molecule has 2 aromatic carbocycles. The van der Waals surface area contributed by atoms with Gasteiger partial charge in [-0.3, -0.25) is 4.57 Å². The average Bonchev–Trinajstić information content (AvgIpc) is 2.73. The van der Waals surface area contributed by atoms with Gasteiger partial charge in [0.25, 0.3) is 0 Å². The van der Waals surface area contributed by atoms with Gasteiger partial charge in [-0.2, -0.15) is 0 Å². The van der Waals surface area contributed by atoms with Crippen LogP contribution in [0.3, 0.4) is 0 Å². The molecular formula is C14H10ClF2N3O. The molecule has 7 heteroatoms. The Morgan fingerprint density at radius 2 is 2.00 bits per heavy atom. The van der Waals surface area contributed by atoms with Gasteiger partial charge in [-0.1, -0.05) is 11.6 Å². The van der Waals surface area contributed by atoms with Crippen LogP contribution in [0.15, 0.2) is 30.3 Å². The maximum absolute atomic E-state index is 14.1. The minimum atomic E-state index is -0.818. The molecule has 1 heterocycles. The number of methoxy groups -OCH3 is 1. The maximum Gasteiger partial charge on any atom is 0.206 e. The molecule has 21 heavy (non-hydrogen) atoms. The molecule has 0 atom stereocenters. The highest BCUT2D eigenvalue weighted by Gasteiger charge is 2.18. The summed E-state index contributed by atoms with van der Waals surface area (Å²) < 4.78 is 33.7. The van der Waals surface area contributed by atoms with E-state index in [-0.39, 0.29) is 16.7 Å². The monoisotopic (exact) mass is 309 g/mol. The third kappa shape index (κ3) is 2.17. The number of hydrogen-bond acceptors (Lipinski definition) is 3. The molecule has 0 aliphatic rings. The molecule has 0 saturated carbocycles. The van der Waals surface area contributed by atoms with E-state index in [2.05, 4.69) is 4.98 Å². The number of nitrogen functional groups attached to an aromatic ring is 1. The number of fused-ring (bicyclic) bond motifs is 1. The Bertz CT molecular complexity index is 825. The Balaban J connectivity index is 2.33. The maximum atomic E-state index is 14.1. The van der Waals surface area contributed by atoms with Gasteiger partial charge in [0, 0.05) is 12.1 Å². The number of rotatable bonds is 2. The summed E-state index contributed by atoms with van der Waals surface area (Å²) in [5.74, 6) is -0.934. The molecule has 108 valence electrons. The molecule has 0 aliphatic carbocycles. The predicted molar refractivity (Wildman–Crippen MR) is 77.0 cm³/mol. The van der Waals surface area contributed by atoms with Gasteiger partial charge in [0.1, 0.15) is 17.3 Å². The van der Waals surface area contributed by atoms with E-state index in [1.807, 2.05) is 0 Å². The summed E-state index contributed by atoms with van der Waals surface area (Å²) in [5.41, 5.74) is 6.87. The Morgan fingerprint density at radius 1 is 1.24 bits per heavy atom. The second-order valence-corrected chi connectivity index (χ2v) is 4.79. The minimum absolute atomic E-state index is 0.0387. The van der Waals surface area contributed by atoms with Crippen molar-refractivity contribution in [1.82, 2.24) is 9.55 Å². The van der Waals surface area contributed by atoms with Crippen LogP contribution in [-0.4, -0.2) is 16.7 Å². The van der Waals surface area contributed by atoms with Crippen molar-refractivity contribution in [2.24, 2.45) is 0 Å². The van der Waals surface area contributed by atoms with Crippen molar-refractivity contribution in [3.05, 3.63) is 47.0 Å². The van der Waals surface area contributed by atoms with Crippen LogP contribution >= 0.6 is 11.6 Å². The molecule has 0 fully saturated rings. The number of halogens is 3. The van der Waals surface area contributed by atoms with Gasteiger partial charge in [0.2, 0.25) is 5.95 Å². The summed E-state index contributed by atoms with van der Waals surface area (Å²) in [4.78, 5) is 4.14. The zero-order valence-electron chi connectivity index (χ0n) is 10.9. The van der Waals surface area contributed by atoms with Crippen molar-refractivity contribution in [1.29, 1.82) is 0 Å². The van der Waals surface area contributed by atoms with E-state index in [4.69, 9.17) is 22.1 Å². The molecule has 1 aromatic heterocycles. The van der Waals surface area contributed by atoms with Crippen LogP contribution in [0.4, 0.5) is 14.7 Å². The summed E-state index contributed by atoms with van der Waals surface area (Å²) in [6, 6.07) is 6.80. The van der Waals surface area contributed by atoms with Crippen molar-refractivity contribution >= 4 is 28.6 Å². The zero-order valence-corrected chi connectivity index (χ0v) is 11.7. The standard InChI is InChI=1S/C14H10ClF2N3O/c1-21-8-2-3-12-11(6-8)19-14(18)20(12)13-9(15)4-7(16)5-10(13)17/h2-6H,1H3,(H2,18,19). The smallest absolute Gasteiger partial charge is 0.206 e. The number of nitrogens with zero attached hydrogens (tertiary/aromatic N) is 2. The topological polar surface area (TPSA) is 53.1 Å². The number of benzene rings is 2. The fourth-order valence-electron chi connectivity index (χ4n) is 2.19. The highest BCUT2D eigenvalue weighted by atomic mass is 35.5. The lowest BCUT2D eigenvalue weighted by Gasteiger charge is -2.10. The van der Waals surface area contributed by atoms with E-state index in [0.29, 0.717) is 16.8 Å². The van der Waals surface area contributed by atoms with Gasteiger partial charge in [-0.25, -0.2) is 13.8 Å². The highest BCUT2D eigenvalue weighted by molar-refractivity contribution is 6.32. The number of anilines is 1. The van der Waals surface area contributed by atoms with Crippen LogP contribution in [0.1, 0.15) is 0 Å². The van der Waals surface area contributed by atoms with Crippen molar-refractivity contribution in [2.75, 3.05) is 12.8 Å². The van der Waals surface area contributed by atoms with E-state index in [9.17, 15) is 8.78 Å². The van der Waals surface area contributed by atoms with Crippen molar-refractivity contribution in [2.45, 2.75) is 0 Å². The van der Waals surface area contributed by atoms with E-state index in [0.717, 1.165) is 12.1 Å². The lowest BCUT2D eigenvalue weighted by Crippen LogP contribution is -2.04. The first-order chi connectivity index (χ1) is 10.0. The van der Waals surface area contributed by atoms with Crippen LogP contribution in [0.2, 0.25) is 5.02 Å². The number of hydrogen-bond donors (Lipinski definition) is 1. The normalized spacial score (nSPS) is 11.0. The highest BCUT2D eigenvalue weighted by Crippen LogP contribution is 2.32. The quantitative estimate of drug-likeness (QED) is 0.787. The van der Waals surface area contributed by atoms with Crippen molar-refractivity contribution in [3.63, 3.8) is 0 Å². The van der Waals surface area contributed by atoms with Gasteiger partial charge in [-0.05, 0) is 18.2 Å². The fourth-order valence-corrected chi connectivity index (χ4v) is 2.47. The SMILES string of the molecule is COc1ccc2c(c1)nc(N)n2-c1c(F)cc(F)cc1Cl. The zero-order chi connectivity index (χ0) is 15.1. The summed E-state index contributed by atoms with van der Waals surface area (Å²) in [5, 5.41) is -0.0886. The second kappa shape index (κ2) is 4.89. The van der Waals surface area contributed by atoms with Gasteiger partial charge in [-0.15, -0.1) is 0 Å². The largest absolute Gasteiger partial charge is 0.497 e. The third-order valence-electron chi connectivity index (χ3n) is 3.09. The molecule has 0 spiro atoms. The van der Waals surface area contributed by atoms with Gasteiger partial charge >= 0.3 is 0 Å². The van der Waals surface area contributed by atoms with E-state index >= 15 is 0 Å². The Morgan fingerprint density at radius 3 is 2.67 bits per heavy atom. The second-order valence-electron chi connectivity index (χ2n) is 4.38. The first-order valence-electron chi connectivity index (χ1n) is 5.98. The number of imidazole rings is 1. The Hall–Kier alpha value is -2.34. The van der Waals surface area contributed by atoms with Gasteiger partial charge in [0.15, 0.2) is 5.82 Å². The molecule has 0 unspecified atom stereocenters. The third-order valence-corrected chi connectivity index (χ3v) is 3.38. The van der Waals surface area contributed by atoms with E-state index in [1.165, 1.54) is 11.7 Å². The van der Waals surface area contributed by atoms with E-state index in [1.54, 1.807) is 18.2 Å². The van der Waals surface area contributed by atoms with Crippen LogP contribution in [0.25, 0.3) is 16.7 Å². The van der Waals surface area contributed by atoms with Crippen LogP contribution in [0.5, 0.6) is 5.75 Å². The first kappa shape index (κ1) is 13.6. The van der Waals surface area contributed by atoms with Gasteiger partial charge in [0.05, 0.1) is 23.2 Å². The summed E-state index contributed by atoms with van der Waals surface area (Å²) >= 11 is 5.95. The number of ether oxygens (including phenoxy) is 1. The molecule has 0 saturated heterocycles. The number of nitrogens with two attached hydrogens (primary N) is 1. The van der Waals surface area contributed by atoms with Crippen molar-refractivity contribution in [3.8, 4) is 11.4 Å². The molecular weight excluding hydrogens is 300 g/mol. The molecule has 0 bridgehead atoms. The molecule has 0 amide bonds. The lowest BCUT2D eigenvalue weighted by atomic mass is 10.2. The Labute approximate surface area is 123 Å². The fraction of sp³-hybridized carbons (Fsp3) is 0.0714. The summed E-state index contributed by atoms with van der Waals surface area (Å²) in [7, 11) is 1.53. The molecule has 2 N–H and O–H groups in total. The van der Waals surface area contributed by atoms with Crippen LogP contribution in [-0.2, 0) is 0 Å². The van der Waals surface area contributed by atoms with Crippen LogP contribution < -0.4 is 10.5 Å². The van der Waals surface area contributed by atoms with Gasteiger partial charge < -0.3 is 10.5 Å². The van der Waals surface area contributed by atoms with E-state index < -0.39 is 11.6 Å². The molecule has 0 radical (unpaired) electrons. The minimum Gasteiger partial charge on any atom is -0.497 e. The molecule has 0 aliphatic heterocycles. The number of aromatic nitrogens is 2.